The summed E-state index contributed by atoms with van der Waals surface area (Å²) >= 11 is 0. The van der Waals surface area contributed by atoms with Crippen molar-refractivity contribution >= 4 is 38.4 Å². The number of hydrogen-bond donors (Lipinski definition) is 0. The van der Waals surface area contributed by atoms with Gasteiger partial charge in [-0.3, -0.25) is 14.4 Å². The largest absolute Gasteiger partial charge is 0.291 e. The van der Waals surface area contributed by atoms with Gasteiger partial charge in [0.05, 0.1) is 17.2 Å². The van der Waals surface area contributed by atoms with Gasteiger partial charge in [0.25, 0.3) is 0 Å². The molecule has 0 spiro atoms. The number of rotatable bonds is 0. The van der Waals surface area contributed by atoms with Crippen LogP contribution >= 0.6 is 0 Å². The summed E-state index contributed by atoms with van der Waals surface area (Å²) in [6, 6.07) is 22.6. The van der Waals surface area contributed by atoms with E-state index in [1.54, 1.807) is 0 Å². The van der Waals surface area contributed by atoms with E-state index >= 15 is 0 Å². The third kappa shape index (κ3) is 2.20. The first-order valence-corrected chi connectivity index (χ1v) is 12.0. The molecule has 0 saturated heterocycles. The van der Waals surface area contributed by atoms with Gasteiger partial charge >= 0.3 is 0 Å². The highest BCUT2D eigenvalue weighted by atomic mass is 15.0. The van der Waals surface area contributed by atoms with Crippen molar-refractivity contribution in [2.45, 2.75) is 12.8 Å². The van der Waals surface area contributed by atoms with Crippen LogP contribution in [0.4, 0.5) is 0 Å². The normalized spacial score (nSPS) is 13.5. The molecule has 7 aromatic rings. The molecule has 2 aliphatic carbocycles. The quantitative estimate of drug-likeness (QED) is 0.243. The zero-order valence-corrected chi connectivity index (χ0v) is 18.8. The Morgan fingerprint density at radius 2 is 1.31 bits per heavy atom. The first-order chi connectivity index (χ1) is 17.3. The van der Waals surface area contributed by atoms with Gasteiger partial charge in [0.2, 0.25) is 0 Å². The fourth-order valence-electron chi connectivity index (χ4n) is 6.43. The topological polar surface area (TPSA) is 43.1 Å². The Bertz CT molecular complexity index is 2070. The second kappa shape index (κ2) is 6.10. The maximum absolute atomic E-state index is 5.02. The molecular formula is C31H18N4. The number of aromatic nitrogens is 4. The van der Waals surface area contributed by atoms with Crippen molar-refractivity contribution in [2.24, 2.45) is 0 Å². The van der Waals surface area contributed by atoms with Crippen molar-refractivity contribution in [2.75, 3.05) is 0 Å². The van der Waals surface area contributed by atoms with E-state index in [9.17, 15) is 0 Å². The molecule has 4 aromatic heterocycles. The van der Waals surface area contributed by atoms with Crippen molar-refractivity contribution in [1.29, 1.82) is 0 Å². The van der Waals surface area contributed by atoms with Crippen LogP contribution in [-0.2, 0) is 12.8 Å². The number of pyridine rings is 3. The Hall–Kier alpha value is -4.57. The molecule has 0 amide bonds. The van der Waals surface area contributed by atoms with Crippen LogP contribution in [0.3, 0.4) is 0 Å². The summed E-state index contributed by atoms with van der Waals surface area (Å²) in [4.78, 5) is 13.8. The van der Waals surface area contributed by atoms with Gasteiger partial charge in [-0.2, -0.15) is 0 Å². The molecule has 0 atom stereocenters. The molecular weight excluding hydrogens is 428 g/mol. The molecule has 162 valence electrons. The summed E-state index contributed by atoms with van der Waals surface area (Å²) in [7, 11) is 0. The number of imidazole rings is 1. The summed E-state index contributed by atoms with van der Waals surface area (Å²) in [6.07, 6.45) is 9.54. The van der Waals surface area contributed by atoms with Crippen LogP contribution in [0.1, 0.15) is 22.3 Å². The number of nitrogens with zero attached hydrogens (tertiary/aromatic N) is 4. The molecule has 0 N–H and O–H groups in total. The van der Waals surface area contributed by atoms with Gasteiger partial charge in [-0.05, 0) is 93.1 Å². The van der Waals surface area contributed by atoms with Crippen molar-refractivity contribution in [3.63, 3.8) is 0 Å². The molecule has 3 aromatic carbocycles. The van der Waals surface area contributed by atoms with E-state index in [2.05, 4.69) is 69.0 Å². The fourth-order valence-corrected chi connectivity index (χ4v) is 6.43. The molecule has 35 heavy (non-hydrogen) atoms. The van der Waals surface area contributed by atoms with Crippen LogP contribution in [0.5, 0.6) is 0 Å². The van der Waals surface area contributed by atoms with Crippen LogP contribution in [-0.4, -0.2) is 19.4 Å². The number of fused-ring (bicyclic) bond motifs is 14. The zero-order chi connectivity index (χ0) is 22.7. The predicted octanol–water partition coefficient (Wildman–Crippen LogP) is 6.73. The molecule has 0 aliphatic heterocycles. The van der Waals surface area contributed by atoms with Crippen LogP contribution in [0, 0.1) is 0 Å². The van der Waals surface area contributed by atoms with Crippen LogP contribution in [0.2, 0.25) is 0 Å². The van der Waals surface area contributed by atoms with Gasteiger partial charge in [-0.15, -0.1) is 0 Å². The second-order valence-corrected chi connectivity index (χ2v) is 9.76. The average Bonchev–Trinajstić information content (AvgIpc) is 3.57. The Balaban J connectivity index is 1.39. The lowest BCUT2D eigenvalue weighted by Crippen LogP contribution is -1.93. The molecule has 0 fully saturated rings. The third-order valence-corrected chi connectivity index (χ3v) is 7.96. The summed E-state index contributed by atoms with van der Waals surface area (Å²) < 4.78 is 2.26. The summed E-state index contributed by atoms with van der Waals surface area (Å²) in [6.45, 7) is 0. The number of benzene rings is 3. The van der Waals surface area contributed by atoms with Gasteiger partial charge in [0, 0.05) is 29.4 Å². The molecule has 0 bridgehead atoms. The van der Waals surface area contributed by atoms with E-state index in [-0.39, 0.29) is 0 Å². The standard InChI is InChI=1S/C31H18N4/c1-2-4-21-17(3-1)9-18-10-19-11-20-12-26-25(14-24(20)23(19)13-22(18)21)27-15-32-7-5-29(27)35-30-6-8-33-16-28(30)34-31(26)35/h1-8,10,12-16H,9,11H2. The summed E-state index contributed by atoms with van der Waals surface area (Å²) in [5, 5.41) is 3.52. The van der Waals surface area contributed by atoms with E-state index in [4.69, 9.17) is 4.98 Å². The van der Waals surface area contributed by atoms with E-state index in [0.29, 0.717) is 0 Å². The first kappa shape index (κ1) is 17.8. The molecule has 4 heterocycles. The SMILES string of the molecule is c1ccc2c(c1)Cc1cc3c(cc1-2)-c1cc2c4cnccc4n4c5ccncc5nc4c2cc1C3. The zero-order valence-electron chi connectivity index (χ0n) is 18.8. The van der Waals surface area contributed by atoms with Gasteiger partial charge in [-0.25, -0.2) is 4.98 Å². The van der Waals surface area contributed by atoms with Crippen LogP contribution in [0.15, 0.2) is 85.5 Å². The summed E-state index contributed by atoms with van der Waals surface area (Å²) in [5.74, 6) is 0. The van der Waals surface area contributed by atoms with E-state index in [0.717, 1.165) is 40.4 Å². The fraction of sp³-hybridized carbons (Fsp3) is 0.0645. The monoisotopic (exact) mass is 446 g/mol. The maximum Gasteiger partial charge on any atom is 0.146 e. The third-order valence-electron chi connectivity index (χ3n) is 7.96. The van der Waals surface area contributed by atoms with Crippen molar-refractivity contribution in [3.8, 4) is 22.3 Å². The lowest BCUT2D eigenvalue weighted by atomic mass is 9.96. The highest BCUT2D eigenvalue weighted by Gasteiger charge is 2.26. The van der Waals surface area contributed by atoms with Crippen molar-refractivity contribution < 1.29 is 0 Å². The summed E-state index contributed by atoms with van der Waals surface area (Å²) in [5.41, 5.74) is 15.3. The first-order valence-electron chi connectivity index (χ1n) is 12.0. The van der Waals surface area contributed by atoms with Crippen LogP contribution in [0.25, 0.3) is 60.6 Å². The Morgan fingerprint density at radius 1 is 0.571 bits per heavy atom. The lowest BCUT2D eigenvalue weighted by molar-refractivity contribution is 1.21. The predicted molar refractivity (Wildman–Crippen MR) is 140 cm³/mol. The molecule has 0 unspecified atom stereocenters. The minimum Gasteiger partial charge on any atom is -0.291 e. The highest BCUT2D eigenvalue weighted by Crippen LogP contribution is 2.46. The minimum atomic E-state index is 0.914. The number of hydrogen-bond acceptors (Lipinski definition) is 3. The molecule has 2 aliphatic rings. The second-order valence-electron chi connectivity index (χ2n) is 9.76. The molecule has 4 heteroatoms. The van der Waals surface area contributed by atoms with Gasteiger partial charge in [0.1, 0.15) is 11.2 Å². The van der Waals surface area contributed by atoms with E-state index in [1.807, 2.05) is 30.9 Å². The molecule has 9 rings (SSSR count). The van der Waals surface area contributed by atoms with Gasteiger partial charge in [0.15, 0.2) is 0 Å². The maximum atomic E-state index is 5.02. The van der Waals surface area contributed by atoms with Crippen LogP contribution < -0.4 is 0 Å². The van der Waals surface area contributed by atoms with E-state index in [1.165, 1.54) is 55.3 Å². The van der Waals surface area contributed by atoms with Crippen molar-refractivity contribution in [1.82, 2.24) is 19.4 Å². The van der Waals surface area contributed by atoms with Crippen molar-refractivity contribution in [3.05, 3.63) is 108 Å². The average molecular weight is 447 g/mol. The Kier molecular flexibility index (Phi) is 3.11. The van der Waals surface area contributed by atoms with E-state index < -0.39 is 0 Å². The Labute approximate surface area is 200 Å². The molecule has 0 radical (unpaired) electrons. The highest BCUT2D eigenvalue weighted by molar-refractivity contribution is 6.15. The smallest absolute Gasteiger partial charge is 0.146 e. The molecule has 4 nitrogen and oxygen atoms in total. The van der Waals surface area contributed by atoms with Gasteiger partial charge < -0.3 is 0 Å². The van der Waals surface area contributed by atoms with Gasteiger partial charge in [-0.1, -0.05) is 30.3 Å². The lowest BCUT2D eigenvalue weighted by Gasteiger charge is -2.11. The molecule has 0 saturated carbocycles. The Morgan fingerprint density at radius 3 is 2.26 bits per heavy atom. The minimum absolute atomic E-state index is 0.914.